The van der Waals surface area contributed by atoms with Gasteiger partial charge in [-0.3, -0.25) is 9.69 Å². The number of amides is 3. The van der Waals surface area contributed by atoms with E-state index in [1.165, 1.54) is 16.9 Å². The number of carbonyl (C=O) groups is 2. The first-order valence-corrected chi connectivity index (χ1v) is 7.05. The van der Waals surface area contributed by atoms with E-state index in [-0.39, 0.29) is 30.6 Å². The molecule has 3 rings (SSSR count). The summed E-state index contributed by atoms with van der Waals surface area (Å²) in [6.07, 6.45) is 0. The molecule has 0 saturated carbocycles. The third-order valence-corrected chi connectivity index (χ3v) is 3.50. The normalized spacial score (nSPS) is 16.7. The Morgan fingerprint density at radius 3 is 2.70 bits per heavy atom. The van der Waals surface area contributed by atoms with Crippen molar-refractivity contribution in [2.24, 2.45) is 0 Å². The first kappa shape index (κ1) is 15.1. The average molecular weight is 318 g/mol. The van der Waals surface area contributed by atoms with Crippen LogP contribution >= 0.6 is 0 Å². The number of rotatable bonds is 4. The van der Waals surface area contributed by atoms with E-state index in [9.17, 15) is 14.0 Å². The quantitative estimate of drug-likeness (QED) is 0.842. The Labute approximate surface area is 131 Å². The Kier molecular flexibility index (Phi) is 3.55. The van der Waals surface area contributed by atoms with Gasteiger partial charge in [0, 0.05) is 5.56 Å². The summed E-state index contributed by atoms with van der Waals surface area (Å²) in [6, 6.07) is 5.42. The van der Waals surface area contributed by atoms with E-state index >= 15 is 0 Å². The molecule has 3 amide bonds. The second-order valence-corrected chi connectivity index (χ2v) is 5.73. The van der Waals surface area contributed by atoms with Gasteiger partial charge in [-0.1, -0.05) is 12.1 Å². The zero-order chi connectivity index (χ0) is 16.6. The number of halogens is 1. The zero-order valence-corrected chi connectivity index (χ0v) is 12.7. The van der Waals surface area contributed by atoms with Gasteiger partial charge in [0.2, 0.25) is 5.82 Å². The highest BCUT2D eigenvalue weighted by molar-refractivity contribution is 6.06. The maximum Gasteiger partial charge on any atom is 0.325 e. The van der Waals surface area contributed by atoms with Crippen LogP contribution in [0, 0.1) is 5.82 Å². The fourth-order valence-corrected chi connectivity index (χ4v) is 2.29. The van der Waals surface area contributed by atoms with Crippen molar-refractivity contribution in [3.63, 3.8) is 0 Å². The van der Waals surface area contributed by atoms with Crippen molar-refractivity contribution in [1.82, 2.24) is 30.4 Å². The molecule has 2 heterocycles. The Bertz CT molecular complexity index is 772. The lowest BCUT2D eigenvalue weighted by Crippen LogP contribution is -2.40. The van der Waals surface area contributed by atoms with E-state index in [1.807, 2.05) is 0 Å². The minimum Gasteiger partial charge on any atom is -0.324 e. The minimum absolute atomic E-state index is 0.132. The summed E-state index contributed by atoms with van der Waals surface area (Å²) in [5, 5.41) is 14.4. The van der Waals surface area contributed by atoms with Gasteiger partial charge in [-0.05, 0) is 31.2 Å². The molecule has 2 aromatic rings. The number of nitrogens with zero attached hydrogens (tertiary/aromatic N) is 5. The molecule has 1 aromatic carbocycles. The molecule has 8 nitrogen and oxygen atoms in total. The molecule has 1 aromatic heterocycles. The molecule has 0 spiro atoms. The van der Waals surface area contributed by atoms with Gasteiger partial charge in [0.25, 0.3) is 5.91 Å². The second kappa shape index (κ2) is 5.41. The number of nitrogens with one attached hydrogen (secondary N) is 1. The van der Waals surface area contributed by atoms with Gasteiger partial charge < -0.3 is 5.32 Å². The number of benzene rings is 1. The van der Waals surface area contributed by atoms with E-state index in [4.69, 9.17) is 0 Å². The fraction of sp³-hybridized carbons (Fsp3) is 0.357. The predicted molar refractivity (Wildman–Crippen MR) is 77.5 cm³/mol. The number of hydrogen-bond donors (Lipinski definition) is 1. The monoisotopic (exact) mass is 318 g/mol. The molecule has 1 aliphatic heterocycles. The fourth-order valence-electron chi connectivity index (χ4n) is 2.29. The van der Waals surface area contributed by atoms with Gasteiger partial charge in [0.1, 0.15) is 11.4 Å². The topological polar surface area (TPSA) is 93.0 Å². The summed E-state index contributed by atoms with van der Waals surface area (Å²) >= 11 is 0. The zero-order valence-electron chi connectivity index (χ0n) is 12.7. The maximum atomic E-state index is 13.2. The lowest BCUT2D eigenvalue weighted by atomic mass is 10.1. The minimum atomic E-state index is -0.903. The van der Waals surface area contributed by atoms with E-state index in [0.29, 0.717) is 5.56 Å². The van der Waals surface area contributed by atoms with Crippen molar-refractivity contribution in [3.05, 3.63) is 30.1 Å². The van der Waals surface area contributed by atoms with E-state index in [2.05, 4.69) is 20.7 Å². The van der Waals surface area contributed by atoms with Gasteiger partial charge in [0.05, 0.1) is 13.1 Å². The molecule has 1 aliphatic rings. The summed E-state index contributed by atoms with van der Waals surface area (Å²) in [6.45, 7) is 3.62. The first-order valence-electron chi connectivity index (χ1n) is 7.05. The summed E-state index contributed by atoms with van der Waals surface area (Å²) < 4.78 is 13.2. The van der Waals surface area contributed by atoms with Gasteiger partial charge in [-0.15, -0.1) is 10.2 Å². The van der Waals surface area contributed by atoms with E-state index in [1.54, 1.807) is 26.0 Å². The molecule has 9 heteroatoms. The number of urea groups is 1. The van der Waals surface area contributed by atoms with Crippen LogP contribution in [-0.4, -0.2) is 49.1 Å². The van der Waals surface area contributed by atoms with E-state index in [0.717, 1.165) is 4.90 Å². The molecular formula is C14H15FN6O2. The van der Waals surface area contributed by atoms with Gasteiger partial charge >= 0.3 is 6.03 Å². The van der Waals surface area contributed by atoms with Gasteiger partial charge in [-0.2, -0.15) is 4.80 Å². The van der Waals surface area contributed by atoms with Crippen LogP contribution in [0.4, 0.5) is 9.18 Å². The summed E-state index contributed by atoms with van der Waals surface area (Å²) in [7, 11) is 0. The van der Waals surface area contributed by atoms with Crippen LogP contribution in [0.15, 0.2) is 24.3 Å². The summed E-state index contributed by atoms with van der Waals surface area (Å²) in [5.41, 5.74) is -0.396. The average Bonchev–Trinajstić information content (AvgIpc) is 3.02. The third kappa shape index (κ3) is 2.89. The highest BCUT2D eigenvalue weighted by Crippen LogP contribution is 2.17. The Morgan fingerprint density at radius 2 is 2.04 bits per heavy atom. The number of imide groups is 1. The molecule has 0 radical (unpaired) electrons. The lowest BCUT2D eigenvalue weighted by molar-refractivity contribution is -0.130. The van der Waals surface area contributed by atoms with Crippen LogP contribution in [0.2, 0.25) is 0 Å². The molecule has 1 N–H and O–H groups in total. The second-order valence-electron chi connectivity index (χ2n) is 5.73. The standard InChI is InChI=1S/C14H15FN6O2/c1-14(2)12(22)20(13(23)16-14)6-7-21-18-11(17-19-21)9-4-3-5-10(15)8-9/h3-5,8H,6-7H2,1-2H3,(H,16,23). The van der Waals surface area contributed by atoms with Crippen LogP contribution in [0.3, 0.4) is 0 Å². The lowest BCUT2D eigenvalue weighted by Gasteiger charge is -2.15. The number of hydrogen-bond acceptors (Lipinski definition) is 5. The molecule has 0 unspecified atom stereocenters. The number of aromatic nitrogens is 4. The van der Waals surface area contributed by atoms with Gasteiger partial charge in [0.15, 0.2) is 0 Å². The van der Waals surface area contributed by atoms with Crippen molar-refractivity contribution in [3.8, 4) is 11.4 Å². The van der Waals surface area contributed by atoms with Crippen LogP contribution in [-0.2, 0) is 11.3 Å². The van der Waals surface area contributed by atoms with Crippen molar-refractivity contribution >= 4 is 11.9 Å². The van der Waals surface area contributed by atoms with Crippen molar-refractivity contribution in [1.29, 1.82) is 0 Å². The van der Waals surface area contributed by atoms with Gasteiger partial charge in [-0.25, -0.2) is 9.18 Å². The highest BCUT2D eigenvalue weighted by Gasteiger charge is 2.43. The van der Waals surface area contributed by atoms with Crippen LogP contribution in [0.25, 0.3) is 11.4 Å². The highest BCUT2D eigenvalue weighted by atomic mass is 19.1. The van der Waals surface area contributed by atoms with Crippen LogP contribution in [0.5, 0.6) is 0 Å². The Balaban J connectivity index is 1.69. The Morgan fingerprint density at radius 1 is 1.26 bits per heavy atom. The van der Waals surface area contributed by atoms with Crippen LogP contribution < -0.4 is 5.32 Å². The molecular weight excluding hydrogens is 303 g/mol. The van der Waals surface area contributed by atoms with Crippen LogP contribution in [0.1, 0.15) is 13.8 Å². The van der Waals surface area contributed by atoms with Crippen molar-refractivity contribution in [2.75, 3.05) is 6.54 Å². The molecule has 0 aliphatic carbocycles. The Hall–Kier alpha value is -2.84. The molecule has 23 heavy (non-hydrogen) atoms. The van der Waals surface area contributed by atoms with E-state index < -0.39 is 11.6 Å². The SMILES string of the molecule is CC1(C)NC(=O)N(CCn2nnc(-c3cccc(F)c3)n2)C1=O. The largest absolute Gasteiger partial charge is 0.325 e. The summed E-state index contributed by atoms with van der Waals surface area (Å²) in [4.78, 5) is 26.2. The summed E-state index contributed by atoms with van der Waals surface area (Å²) in [5.74, 6) is -0.407. The molecule has 1 saturated heterocycles. The van der Waals surface area contributed by atoms with Crippen molar-refractivity contribution < 1.29 is 14.0 Å². The first-order chi connectivity index (χ1) is 10.9. The number of carbonyl (C=O) groups excluding carboxylic acids is 2. The maximum absolute atomic E-state index is 13.2. The molecule has 120 valence electrons. The predicted octanol–water partition coefficient (Wildman–Crippen LogP) is 0.810. The molecule has 0 atom stereocenters. The molecule has 1 fully saturated rings. The smallest absolute Gasteiger partial charge is 0.324 e. The number of tetrazole rings is 1. The van der Waals surface area contributed by atoms with Crippen molar-refractivity contribution in [2.45, 2.75) is 25.9 Å². The third-order valence-electron chi connectivity index (χ3n) is 3.50. The molecule has 0 bridgehead atoms.